The van der Waals surface area contributed by atoms with Gasteiger partial charge in [0.1, 0.15) is 22.9 Å². The van der Waals surface area contributed by atoms with Crippen molar-refractivity contribution in [1.29, 1.82) is 0 Å². The summed E-state index contributed by atoms with van der Waals surface area (Å²) >= 11 is 3.11. The van der Waals surface area contributed by atoms with Gasteiger partial charge in [0.25, 0.3) is 17.7 Å². The Hall–Kier alpha value is -5.55. The van der Waals surface area contributed by atoms with E-state index in [1.165, 1.54) is 39.6 Å². The van der Waals surface area contributed by atoms with Gasteiger partial charge in [0, 0.05) is 63.6 Å². The number of aryl methyl sites for hydroxylation is 3. The predicted molar refractivity (Wildman–Crippen MR) is 192 cm³/mol. The molecule has 1 aromatic carbocycles. The second-order valence-electron chi connectivity index (χ2n) is 12.0. The van der Waals surface area contributed by atoms with Crippen molar-refractivity contribution < 1.29 is 33.2 Å². The molecule has 5 N–H and O–H groups in total. The molecule has 0 unspecified atom stereocenters. The van der Waals surface area contributed by atoms with Gasteiger partial charge in [-0.15, -0.1) is 0 Å². The van der Waals surface area contributed by atoms with Crippen LogP contribution in [0.5, 0.6) is 0 Å². The van der Waals surface area contributed by atoms with Crippen LogP contribution in [0.4, 0.5) is 26.2 Å². The van der Waals surface area contributed by atoms with Crippen LogP contribution in [0.15, 0.2) is 59.5 Å². The van der Waals surface area contributed by atoms with Crippen LogP contribution >= 0.6 is 15.9 Å². The number of hydrogen-bond acceptors (Lipinski definition) is 7. The molecule has 0 radical (unpaired) electrons. The molecule has 0 bridgehead atoms. The fourth-order valence-electron chi connectivity index (χ4n) is 5.08. The minimum Gasteiger partial charge on any atom is -0.351 e. The summed E-state index contributed by atoms with van der Waals surface area (Å²) in [7, 11) is 8.85. The van der Waals surface area contributed by atoms with Gasteiger partial charge in [-0.3, -0.25) is 29.3 Å². The van der Waals surface area contributed by atoms with Crippen LogP contribution in [-0.4, -0.2) is 81.2 Å². The van der Waals surface area contributed by atoms with Crippen molar-refractivity contribution in [3.8, 4) is 0 Å². The molecule has 270 valence electrons. The van der Waals surface area contributed by atoms with Crippen molar-refractivity contribution in [2.24, 2.45) is 21.1 Å². The number of nitrogens with zero attached hydrogens (tertiary/aromatic N) is 4. The highest BCUT2D eigenvalue weighted by Gasteiger charge is 2.20. The number of nitrogens with one attached hydrogen (secondary N) is 5. The number of carbonyl (C=O) groups is 6. The third-order valence-electron chi connectivity index (χ3n) is 7.62. The van der Waals surface area contributed by atoms with Gasteiger partial charge in [-0.25, -0.2) is 9.18 Å². The van der Waals surface area contributed by atoms with Crippen LogP contribution in [0, 0.1) is 5.82 Å². The normalized spacial score (nSPS) is 10.9. The first kappa shape index (κ1) is 38.3. The number of Topliss-reactive ketones (excluding diaryl/α,β-unsaturated/α-hetero) is 1. The Labute approximate surface area is 301 Å². The number of anilines is 3. The Bertz CT molecular complexity index is 1980. The van der Waals surface area contributed by atoms with Crippen molar-refractivity contribution in [3.63, 3.8) is 0 Å². The van der Waals surface area contributed by atoms with Crippen molar-refractivity contribution in [1.82, 2.24) is 29.2 Å². The largest absolute Gasteiger partial charge is 0.351 e. The van der Waals surface area contributed by atoms with Gasteiger partial charge in [-0.2, -0.15) is 0 Å². The van der Waals surface area contributed by atoms with E-state index in [-0.39, 0.29) is 41.4 Å². The lowest BCUT2D eigenvalue weighted by Crippen LogP contribution is -2.34. The van der Waals surface area contributed by atoms with E-state index in [0.29, 0.717) is 28.1 Å². The zero-order chi connectivity index (χ0) is 37.4. The highest BCUT2D eigenvalue weighted by atomic mass is 79.9. The molecule has 4 aromatic rings. The molecule has 3 aromatic heterocycles. The number of amides is 6. The molecule has 0 aliphatic carbocycles. The van der Waals surface area contributed by atoms with Crippen molar-refractivity contribution in [2.75, 3.05) is 43.1 Å². The van der Waals surface area contributed by atoms with Gasteiger partial charge in [0.15, 0.2) is 5.78 Å². The molecule has 4 rings (SSSR count). The Morgan fingerprint density at radius 1 is 0.725 bits per heavy atom. The molecular formula is C34H39BrFN9O6. The van der Waals surface area contributed by atoms with E-state index in [4.69, 9.17) is 0 Å². The minimum absolute atomic E-state index is 0.157. The maximum absolute atomic E-state index is 14.0. The van der Waals surface area contributed by atoms with Crippen LogP contribution in [-0.2, 0) is 25.9 Å². The Morgan fingerprint density at radius 2 is 1.24 bits per heavy atom. The standard InChI is InChI=1S/C34H39BrFN9O6/c1-42(2)12-6-11-37-31(48)26-14-21(17-43(26)3)38-32(49)27-15-22(18-44(27)4)39-33(50)28-16-23(19-45(28)5)40-34(51)41-30(47)10-9-29(46)24-8-7-20(35)13-25(24)36/h7-8,13-19H,6,9-12H2,1-5H3,(H,37,48)(H,38,49)(H,39,50)(H2,40,41,47,51). The van der Waals surface area contributed by atoms with Gasteiger partial charge in [0.05, 0.1) is 22.6 Å². The van der Waals surface area contributed by atoms with Gasteiger partial charge >= 0.3 is 6.03 Å². The van der Waals surface area contributed by atoms with Crippen molar-refractivity contribution in [2.45, 2.75) is 19.3 Å². The summed E-state index contributed by atoms with van der Waals surface area (Å²) in [5.41, 5.74) is 1.59. The first-order valence-corrected chi connectivity index (χ1v) is 16.5. The van der Waals surface area contributed by atoms with E-state index in [1.807, 2.05) is 19.0 Å². The average molecular weight is 769 g/mol. The number of imide groups is 1. The number of halogens is 2. The molecule has 0 spiro atoms. The molecule has 15 nitrogen and oxygen atoms in total. The summed E-state index contributed by atoms with van der Waals surface area (Å²) in [5.74, 6) is -3.31. The molecule has 0 saturated carbocycles. The van der Waals surface area contributed by atoms with Crippen LogP contribution in [0.3, 0.4) is 0 Å². The lowest BCUT2D eigenvalue weighted by molar-refractivity contribution is -0.119. The summed E-state index contributed by atoms with van der Waals surface area (Å²) < 4.78 is 19.1. The fraction of sp³-hybridized carbons (Fsp3) is 0.294. The van der Waals surface area contributed by atoms with Crippen LogP contribution in [0.1, 0.15) is 61.1 Å². The maximum atomic E-state index is 14.0. The molecule has 0 aliphatic rings. The molecule has 0 fully saturated rings. The number of carbonyl (C=O) groups excluding carboxylic acids is 6. The van der Waals surface area contributed by atoms with Crippen LogP contribution < -0.4 is 26.6 Å². The van der Waals surface area contributed by atoms with Gasteiger partial charge in [-0.1, -0.05) is 15.9 Å². The lowest BCUT2D eigenvalue weighted by atomic mass is 10.1. The average Bonchev–Trinajstić information content (AvgIpc) is 3.72. The summed E-state index contributed by atoms with van der Waals surface area (Å²) in [6, 6.07) is 7.54. The molecule has 3 heterocycles. The molecule has 0 atom stereocenters. The Balaban J connectivity index is 1.29. The fourth-order valence-corrected chi connectivity index (χ4v) is 5.42. The summed E-state index contributed by atoms with van der Waals surface area (Å²) in [4.78, 5) is 77.8. The summed E-state index contributed by atoms with van der Waals surface area (Å²) in [6.45, 7) is 1.36. The van der Waals surface area contributed by atoms with E-state index in [2.05, 4.69) is 42.5 Å². The van der Waals surface area contributed by atoms with Gasteiger partial charge < -0.3 is 39.9 Å². The number of hydrogen-bond donors (Lipinski definition) is 5. The zero-order valence-corrected chi connectivity index (χ0v) is 30.3. The van der Waals surface area contributed by atoms with E-state index in [1.54, 1.807) is 44.2 Å². The first-order chi connectivity index (χ1) is 24.1. The third kappa shape index (κ3) is 10.5. The molecule has 6 amide bonds. The van der Waals surface area contributed by atoms with Crippen LogP contribution in [0.2, 0.25) is 0 Å². The quantitative estimate of drug-likeness (QED) is 0.0947. The summed E-state index contributed by atoms with van der Waals surface area (Å²) in [5, 5.41) is 12.9. The molecule has 0 aliphatic heterocycles. The van der Waals surface area contributed by atoms with E-state index in [9.17, 15) is 33.2 Å². The number of aromatic nitrogens is 3. The molecule has 17 heteroatoms. The maximum Gasteiger partial charge on any atom is 0.325 e. The van der Waals surface area contributed by atoms with E-state index < -0.39 is 35.4 Å². The first-order valence-electron chi connectivity index (χ1n) is 15.7. The van der Waals surface area contributed by atoms with Gasteiger partial charge in [0.2, 0.25) is 5.91 Å². The van der Waals surface area contributed by atoms with E-state index >= 15 is 0 Å². The topological polar surface area (TPSA) is 181 Å². The zero-order valence-electron chi connectivity index (χ0n) is 28.7. The smallest absolute Gasteiger partial charge is 0.325 e. The number of benzene rings is 1. The highest BCUT2D eigenvalue weighted by molar-refractivity contribution is 9.10. The molecule has 51 heavy (non-hydrogen) atoms. The Morgan fingerprint density at radius 3 is 1.75 bits per heavy atom. The SMILES string of the molecule is CN(C)CCCNC(=O)c1cc(NC(=O)c2cc(NC(=O)c3cc(NC(=O)NC(=O)CCC(=O)c4ccc(Br)cc4F)cn3C)cn2C)cn1C. The molecular weight excluding hydrogens is 729 g/mol. The highest BCUT2D eigenvalue weighted by Crippen LogP contribution is 2.20. The third-order valence-corrected chi connectivity index (χ3v) is 8.11. The van der Waals surface area contributed by atoms with Crippen molar-refractivity contribution in [3.05, 3.63) is 87.9 Å². The second kappa shape index (κ2) is 16.9. The van der Waals surface area contributed by atoms with Crippen molar-refractivity contribution >= 4 is 68.4 Å². The number of rotatable bonds is 14. The second-order valence-corrected chi connectivity index (χ2v) is 13.0. The van der Waals surface area contributed by atoms with E-state index in [0.717, 1.165) is 19.0 Å². The monoisotopic (exact) mass is 767 g/mol. The lowest BCUT2D eigenvalue weighted by Gasteiger charge is -2.10. The number of ketones is 1. The predicted octanol–water partition coefficient (Wildman–Crippen LogP) is 4.10. The van der Waals surface area contributed by atoms with Crippen LogP contribution in [0.25, 0.3) is 0 Å². The summed E-state index contributed by atoms with van der Waals surface area (Å²) in [6.07, 6.45) is 4.79. The number of urea groups is 1. The minimum atomic E-state index is -0.885. The van der Waals surface area contributed by atoms with Gasteiger partial charge in [-0.05, 0) is 63.5 Å². The molecule has 0 saturated heterocycles. The Kier molecular flexibility index (Phi) is 12.7.